The third-order valence-corrected chi connectivity index (χ3v) is 3.42. The van der Waals surface area contributed by atoms with Crippen LogP contribution in [0.5, 0.6) is 0 Å². The molecule has 0 amide bonds. The molecule has 1 aliphatic heterocycles. The van der Waals surface area contributed by atoms with Gasteiger partial charge < -0.3 is 9.69 Å². The van der Waals surface area contributed by atoms with E-state index in [2.05, 4.69) is 9.83 Å². The van der Waals surface area contributed by atoms with Gasteiger partial charge in [0, 0.05) is 13.1 Å². The van der Waals surface area contributed by atoms with Crippen LogP contribution in [0.3, 0.4) is 0 Å². The summed E-state index contributed by atoms with van der Waals surface area (Å²) < 4.78 is 38.4. The summed E-state index contributed by atoms with van der Waals surface area (Å²) in [6.45, 7) is 7.94. The van der Waals surface area contributed by atoms with Crippen LogP contribution in [-0.4, -0.2) is 49.2 Å². The number of halogens is 4. The Balaban J connectivity index is 2.24. The third-order valence-electron chi connectivity index (χ3n) is 3.23. The van der Waals surface area contributed by atoms with Crippen molar-refractivity contribution in [3.8, 4) is 0 Å². The Morgan fingerprint density at radius 3 is 2.77 bits per heavy atom. The Morgan fingerprint density at radius 1 is 1.45 bits per heavy atom. The van der Waals surface area contributed by atoms with E-state index in [0.717, 1.165) is 12.1 Å². The molecule has 1 saturated heterocycles. The van der Waals surface area contributed by atoms with Crippen molar-refractivity contribution in [1.82, 2.24) is 9.79 Å². The molecule has 1 aromatic heterocycles. The van der Waals surface area contributed by atoms with Crippen molar-refractivity contribution in [2.75, 3.05) is 24.5 Å². The molecule has 115 valence electrons. The molecule has 1 atom stereocenters. The van der Waals surface area contributed by atoms with E-state index in [1.165, 1.54) is 7.41 Å². The van der Waals surface area contributed by atoms with Gasteiger partial charge in [0.05, 0.1) is 11.7 Å². The Labute approximate surface area is 130 Å². The van der Waals surface area contributed by atoms with Crippen LogP contribution in [0.1, 0.15) is 5.56 Å². The van der Waals surface area contributed by atoms with E-state index in [1.54, 1.807) is 9.71 Å². The van der Waals surface area contributed by atoms with Crippen molar-refractivity contribution < 1.29 is 18.0 Å². The average molecular weight is 329 g/mol. The standard InChI is InChI=1S/C12H10BClF3N4O/c1-18-11-6-20(2-3-21(11)13-7-22)10-5-8(12(15,16)17)4-9(14)19-10/h4-5,7,11H,2-3,6H2. The summed E-state index contributed by atoms with van der Waals surface area (Å²) in [6, 6.07) is 1.67. The lowest BCUT2D eigenvalue weighted by molar-refractivity contribution is -0.137. The van der Waals surface area contributed by atoms with Crippen LogP contribution >= 0.6 is 11.6 Å². The number of carbonyl (C=O) groups excluding carboxylic acids is 1. The molecule has 1 unspecified atom stereocenters. The minimum atomic E-state index is -4.52. The lowest BCUT2D eigenvalue weighted by Crippen LogP contribution is -2.53. The van der Waals surface area contributed by atoms with Crippen LogP contribution in [-0.2, 0) is 11.0 Å². The number of carbonyl (C=O) groups is 1. The van der Waals surface area contributed by atoms with Crippen molar-refractivity contribution in [2.24, 2.45) is 0 Å². The van der Waals surface area contributed by atoms with Gasteiger partial charge in [0.1, 0.15) is 17.5 Å². The van der Waals surface area contributed by atoms with Crippen LogP contribution in [0, 0.1) is 6.57 Å². The lowest BCUT2D eigenvalue weighted by atomic mass is 9.92. The zero-order chi connectivity index (χ0) is 16.3. The van der Waals surface area contributed by atoms with Gasteiger partial charge in [-0.05, 0) is 12.1 Å². The van der Waals surface area contributed by atoms with Crippen LogP contribution in [0.4, 0.5) is 19.0 Å². The van der Waals surface area contributed by atoms with Crippen molar-refractivity contribution >= 4 is 31.0 Å². The largest absolute Gasteiger partial charge is 0.416 e. The number of rotatable bonds is 3. The Morgan fingerprint density at radius 2 is 2.18 bits per heavy atom. The van der Waals surface area contributed by atoms with Gasteiger partial charge in [-0.25, -0.2) is 11.6 Å². The van der Waals surface area contributed by atoms with Crippen LogP contribution in [0.25, 0.3) is 4.85 Å². The lowest BCUT2D eigenvalue weighted by Gasteiger charge is -2.35. The molecule has 1 radical (unpaired) electrons. The van der Waals surface area contributed by atoms with Gasteiger partial charge in [-0.1, -0.05) is 11.6 Å². The van der Waals surface area contributed by atoms with Gasteiger partial charge in [0.2, 0.25) is 0 Å². The highest BCUT2D eigenvalue weighted by Gasteiger charge is 2.35. The molecule has 0 spiro atoms. The maximum absolute atomic E-state index is 12.8. The smallest absolute Gasteiger partial charge is 0.346 e. The fraction of sp³-hybridized carbons (Fsp3) is 0.417. The maximum Gasteiger partial charge on any atom is 0.416 e. The summed E-state index contributed by atoms with van der Waals surface area (Å²) in [5.41, 5.74) is -0.885. The number of hydrogen-bond acceptors (Lipinski definition) is 4. The number of aromatic nitrogens is 1. The number of anilines is 1. The minimum Gasteiger partial charge on any atom is -0.346 e. The van der Waals surface area contributed by atoms with E-state index in [-0.39, 0.29) is 17.5 Å². The highest BCUT2D eigenvalue weighted by atomic mass is 35.5. The predicted octanol–water partition coefficient (Wildman–Crippen LogP) is 1.93. The maximum atomic E-state index is 12.8. The van der Waals surface area contributed by atoms with E-state index < -0.39 is 17.9 Å². The summed E-state index contributed by atoms with van der Waals surface area (Å²) in [4.78, 5) is 20.9. The van der Waals surface area contributed by atoms with E-state index >= 15 is 0 Å². The molecule has 10 heteroatoms. The zero-order valence-corrected chi connectivity index (χ0v) is 12.0. The first-order valence-electron chi connectivity index (χ1n) is 6.26. The number of hydrogen-bond donors (Lipinski definition) is 0. The second kappa shape index (κ2) is 6.54. The zero-order valence-electron chi connectivity index (χ0n) is 11.2. The van der Waals surface area contributed by atoms with Gasteiger partial charge in [-0.2, -0.15) is 13.2 Å². The molecule has 0 bridgehead atoms. The number of alkyl halides is 3. The fourth-order valence-electron chi connectivity index (χ4n) is 2.16. The van der Waals surface area contributed by atoms with Crippen molar-refractivity contribution in [3.63, 3.8) is 0 Å². The van der Waals surface area contributed by atoms with Crippen molar-refractivity contribution in [1.29, 1.82) is 0 Å². The average Bonchev–Trinajstić information content (AvgIpc) is 2.46. The monoisotopic (exact) mass is 329 g/mol. The molecule has 0 aliphatic carbocycles. The van der Waals surface area contributed by atoms with E-state index in [1.807, 2.05) is 0 Å². The molecule has 1 aliphatic rings. The Kier molecular flexibility index (Phi) is 4.93. The van der Waals surface area contributed by atoms with Gasteiger partial charge in [-0.15, -0.1) is 0 Å². The van der Waals surface area contributed by atoms with Crippen molar-refractivity contribution in [2.45, 2.75) is 12.3 Å². The Bertz CT molecular complexity index is 607. The predicted molar refractivity (Wildman–Crippen MR) is 76.1 cm³/mol. The molecule has 22 heavy (non-hydrogen) atoms. The van der Waals surface area contributed by atoms with Crippen LogP contribution < -0.4 is 4.90 Å². The summed E-state index contributed by atoms with van der Waals surface area (Å²) >= 11 is 5.66. The second-order valence-corrected chi connectivity index (χ2v) is 5.00. The number of nitrogens with zero attached hydrogens (tertiary/aromatic N) is 4. The van der Waals surface area contributed by atoms with Crippen molar-refractivity contribution in [3.05, 3.63) is 34.3 Å². The van der Waals surface area contributed by atoms with E-state index in [0.29, 0.717) is 19.3 Å². The van der Waals surface area contributed by atoms with Gasteiger partial charge in [0.15, 0.2) is 0 Å². The molecule has 1 fully saturated rings. The topological polar surface area (TPSA) is 40.8 Å². The molecule has 0 saturated carbocycles. The van der Waals surface area contributed by atoms with Gasteiger partial charge in [0.25, 0.3) is 13.6 Å². The quantitative estimate of drug-likeness (QED) is 0.368. The molecule has 2 heterocycles. The minimum absolute atomic E-state index is 0.0687. The normalized spacial score (nSPS) is 19.6. The molecular formula is C12H10BClF3N4O. The Hall–Kier alpha value is -1.79. The molecule has 5 nitrogen and oxygen atoms in total. The molecule has 1 aromatic rings. The first-order chi connectivity index (χ1) is 10.3. The van der Waals surface area contributed by atoms with E-state index in [9.17, 15) is 18.0 Å². The molecule has 0 aromatic carbocycles. The summed E-state index contributed by atoms with van der Waals surface area (Å²) in [6.07, 6.45) is -4.60. The summed E-state index contributed by atoms with van der Waals surface area (Å²) in [5, 5.41) is -0.258. The van der Waals surface area contributed by atoms with Crippen LogP contribution in [0.15, 0.2) is 12.1 Å². The molecule has 2 rings (SSSR count). The second-order valence-electron chi connectivity index (χ2n) is 4.61. The summed E-state index contributed by atoms with van der Waals surface area (Å²) in [5.74, 6) is 0.0687. The first kappa shape index (κ1) is 16.6. The highest BCUT2D eigenvalue weighted by molar-refractivity contribution is 6.64. The SMILES string of the molecule is [C-]#[N+]C1CN(c2cc(C(F)(F)F)cc(Cl)n2)CCN1[B]C=O. The van der Waals surface area contributed by atoms with Gasteiger partial charge in [-0.3, -0.25) is 9.66 Å². The summed E-state index contributed by atoms with van der Waals surface area (Å²) in [7, 11) is 1.26. The molecular weight excluding hydrogens is 319 g/mol. The molecule has 0 N–H and O–H groups in total. The highest BCUT2D eigenvalue weighted by Crippen LogP contribution is 2.33. The third kappa shape index (κ3) is 3.70. The number of pyridine rings is 1. The first-order valence-corrected chi connectivity index (χ1v) is 6.63. The van der Waals surface area contributed by atoms with E-state index in [4.69, 9.17) is 18.2 Å². The van der Waals surface area contributed by atoms with Crippen LogP contribution in [0.2, 0.25) is 5.15 Å². The fourth-order valence-corrected chi connectivity index (χ4v) is 2.37. The van der Waals surface area contributed by atoms with Gasteiger partial charge >= 0.3 is 6.18 Å². The number of piperazine rings is 1.